The van der Waals surface area contributed by atoms with Gasteiger partial charge in [0.15, 0.2) is 17.5 Å². The minimum atomic E-state index is -0.579. The number of aromatic amines is 1. The topological polar surface area (TPSA) is 114 Å². The minimum Gasteiger partial charge on any atom is -0.379 e. The van der Waals surface area contributed by atoms with Crippen LogP contribution < -0.4 is 10.6 Å². The number of rotatable bonds is 13. The lowest BCUT2D eigenvalue weighted by atomic mass is 9.91. The number of carbonyl (C=O) groups is 1. The van der Waals surface area contributed by atoms with Crippen molar-refractivity contribution in [3.63, 3.8) is 0 Å². The smallest absolute Gasteiger partial charge is 0.246 e. The molecule has 0 aromatic carbocycles. The van der Waals surface area contributed by atoms with E-state index in [1.165, 1.54) is 6.07 Å². The Morgan fingerprint density at radius 3 is 2.81 bits per heavy atom. The van der Waals surface area contributed by atoms with Gasteiger partial charge in [-0.05, 0) is 38.2 Å². The van der Waals surface area contributed by atoms with Gasteiger partial charge in [0.05, 0.1) is 25.6 Å². The fraction of sp³-hybridized carbons (Fsp3) is 0.538. The van der Waals surface area contributed by atoms with E-state index >= 15 is 0 Å². The zero-order valence-electron chi connectivity index (χ0n) is 21.1. The van der Waals surface area contributed by atoms with E-state index in [0.29, 0.717) is 42.8 Å². The normalized spacial score (nSPS) is 17.7. The Balaban J connectivity index is 1.27. The van der Waals surface area contributed by atoms with Crippen molar-refractivity contribution < 1.29 is 23.0 Å². The van der Waals surface area contributed by atoms with Crippen LogP contribution in [0.2, 0.25) is 0 Å². The van der Waals surface area contributed by atoms with Crippen molar-refractivity contribution >= 4 is 22.8 Å². The van der Waals surface area contributed by atoms with E-state index < -0.39 is 11.6 Å². The van der Waals surface area contributed by atoms with E-state index in [0.717, 1.165) is 50.9 Å². The van der Waals surface area contributed by atoms with E-state index in [4.69, 9.17) is 9.47 Å². The van der Waals surface area contributed by atoms with Crippen LogP contribution in [0.3, 0.4) is 0 Å². The average molecular weight is 517 g/mol. The minimum absolute atomic E-state index is 0.0170. The van der Waals surface area contributed by atoms with Crippen molar-refractivity contribution in [1.29, 1.82) is 0 Å². The first kappa shape index (κ1) is 26.9. The molecule has 11 heteroatoms. The summed E-state index contributed by atoms with van der Waals surface area (Å²) in [4.78, 5) is 27.7. The average Bonchev–Trinajstić information content (AvgIpc) is 3.30. The van der Waals surface area contributed by atoms with Gasteiger partial charge in [0, 0.05) is 35.8 Å². The lowest BCUT2D eigenvalue weighted by Crippen LogP contribution is -2.43. The third kappa shape index (κ3) is 7.65. The predicted molar refractivity (Wildman–Crippen MR) is 136 cm³/mol. The Hall–Kier alpha value is -3.18. The van der Waals surface area contributed by atoms with Crippen LogP contribution in [0.25, 0.3) is 22.4 Å². The van der Waals surface area contributed by atoms with Gasteiger partial charge in [-0.1, -0.05) is 19.8 Å². The Morgan fingerprint density at radius 2 is 1.95 bits per heavy atom. The monoisotopic (exact) mass is 516 g/mol. The van der Waals surface area contributed by atoms with Gasteiger partial charge < -0.3 is 25.1 Å². The van der Waals surface area contributed by atoms with Gasteiger partial charge in [-0.25, -0.2) is 23.7 Å². The first-order chi connectivity index (χ1) is 18.0. The molecular weight excluding hydrogens is 482 g/mol. The lowest BCUT2D eigenvalue weighted by molar-refractivity contribution is -0.127. The van der Waals surface area contributed by atoms with E-state index in [1.54, 1.807) is 6.20 Å². The van der Waals surface area contributed by atoms with Crippen LogP contribution >= 0.6 is 0 Å². The molecular formula is C26H34F2N6O3. The molecule has 0 bridgehead atoms. The maximum atomic E-state index is 14.6. The molecule has 9 nitrogen and oxygen atoms in total. The number of pyridine rings is 1. The van der Waals surface area contributed by atoms with Crippen molar-refractivity contribution in [3.05, 3.63) is 36.3 Å². The molecule has 0 spiro atoms. The number of H-pyrrole nitrogens is 1. The quantitative estimate of drug-likeness (QED) is 0.289. The molecule has 200 valence electrons. The molecule has 1 fully saturated rings. The summed E-state index contributed by atoms with van der Waals surface area (Å²) in [5.41, 5.74) is 1.03. The van der Waals surface area contributed by atoms with Crippen LogP contribution in [0.4, 0.5) is 14.6 Å². The number of nitrogens with one attached hydrogen (secondary N) is 3. The summed E-state index contributed by atoms with van der Waals surface area (Å²) < 4.78 is 39.2. The molecule has 4 rings (SSSR count). The molecule has 0 unspecified atom stereocenters. The molecule has 1 aliphatic carbocycles. The first-order valence-electron chi connectivity index (χ1n) is 12.9. The second-order valence-electron chi connectivity index (χ2n) is 9.29. The number of amides is 1. The number of unbranched alkanes of at least 4 members (excludes halogenated alkanes) is 2. The number of ether oxygens (including phenoxy) is 2. The number of hydrogen-bond acceptors (Lipinski definition) is 7. The fourth-order valence-electron chi connectivity index (χ4n) is 4.51. The van der Waals surface area contributed by atoms with E-state index in [-0.39, 0.29) is 36.2 Å². The molecule has 0 saturated heterocycles. The van der Waals surface area contributed by atoms with Crippen molar-refractivity contribution in [3.8, 4) is 11.4 Å². The van der Waals surface area contributed by atoms with Crippen LogP contribution in [-0.2, 0) is 14.3 Å². The van der Waals surface area contributed by atoms with Gasteiger partial charge in [0.2, 0.25) is 5.91 Å². The molecule has 3 N–H and O–H groups in total. The fourth-order valence-corrected chi connectivity index (χ4v) is 4.51. The maximum Gasteiger partial charge on any atom is 0.246 e. The molecule has 2 atom stereocenters. The SMILES string of the molecule is CCCCCOCCOCC(=O)N[C@H]1CCC[C@@H](Nc2nc(-c3c[nH]c4ncc(F)cc34)ncc2F)C1. The maximum absolute atomic E-state index is 14.6. The number of halogens is 2. The summed E-state index contributed by atoms with van der Waals surface area (Å²) in [5.74, 6) is -0.903. The van der Waals surface area contributed by atoms with Crippen LogP contribution in [0.15, 0.2) is 24.7 Å². The Kier molecular flexibility index (Phi) is 9.72. The summed E-state index contributed by atoms with van der Waals surface area (Å²) >= 11 is 0. The van der Waals surface area contributed by atoms with Crippen LogP contribution in [0.5, 0.6) is 0 Å². The largest absolute Gasteiger partial charge is 0.379 e. The van der Waals surface area contributed by atoms with Crippen LogP contribution in [0.1, 0.15) is 51.9 Å². The Labute approximate surface area is 214 Å². The Bertz CT molecular complexity index is 1170. The summed E-state index contributed by atoms with van der Waals surface area (Å²) in [6.45, 7) is 3.69. The third-order valence-corrected chi connectivity index (χ3v) is 6.36. The van der Waals surface area contributed by atoms with E-state index in [1.807, 2.05) is 0 Å². The molecule has 1 aliphatic rings. The number of carbonyl (C=O) groups excluding carboxylic acids is 1. The van der Waals surface area contributed by atoms with E-state index in [2.05, 4.69) is 37.5 Å². The van der Waals surface area contributed by atoms with Gasteiger partial charge >= 0.3 is 0 Å². The number of anilines is 1. The molecule has 0 radical (unpaired) electrons. The second-order valence-corrected chi connectivity index (χ2v) is 9.29. The number of fused-ring (bicyclic) bond motifs is 1. The third-order valence-electron chi connectivity index (χ3n) is 6.36. The highest BCUT2D eigenvalue weighted by Gasteiger charge is 2.25. The van der Waals surface area contributed by atoms with Crippen molar-refractivity contribution in [1.82, 2.24) is 25.3 Å². The number of nitrogens with zero attached hydrogens (tertiary/aromatic N) is 3. The summed E-state index contributed by atoms with van der Waals surface area (Å²) in [6, 6.07) is 1.22. The molecule has 1 amide bonds. The summed E-state index contributed by atoms with van der Waals surface area (Å²) in [7, 11) is 0. The highest BCUT2D eigenvalue weighted by Crippen LogP contribution is 2.28. The second kappa shape index (κ2) is 13.4. The van der Waals surface area contributed by atoms with Crippen LogP contribution in [0, 0.1) is 11.6 Å². The van der Waals surface area contributed by atoms with Crippen molar-refractivity contribution in [2.75, 3.05) is 31.7 Å². The predicted octanol–water partition coefficient (Wildman–Crippen LogP) is 4.36. The molecule has 3 heterocycles. The van der Waals surface area contributed by atoms with Gasteiger partial charge in [-0.3, -0.25) is 4.79 Å². The molecule has 3 aromatic heterocycles. The van der Waals surface area contributed by atoms with Crippen molar-refractivity contribution in [2.24, 2.45) is 0 Å². The summed E-state index contributed by atoms with van der Waals surface area (Å²) in [5, 5.41) is 6.70. The number of hydrogen-bond donors (Lipinski definition) is 3. The van der Waals surface area contributed by atoms with Crippen molar-refractivity contribution in [2.45, 2.75) is 64.0 Å². The molecule has 0 aliphatic heterocycles. The first-order valence-corrected chi connectivity index (χ1v) is 12.9. The highest BCUT2D eigenvalue weighted by molar-refractivity contribution is 5.91. The van der Waals surface area contributed by atoms with Gasteiger partial charge in [-0.15, -0.1) is 0 Å². The number of aromatic nitrogens is 4. The standard InChI is InChI=1S/C26H34F2N6O3/c1-2-3-4-8-36-9-10-37-16-23(35)32-18-6-5-7-19(12-18)33-26-22(28)15-31-25(34-26)21-14-30-24-20(21)11-17(27)13-29-24/h11,13-15,18-19H,2-10,12,16H2,1H3,(H,29,30)(H,32,35)(H,31,33,34)/t18-,19+/m0/s1. The highest BCUT2D eigenvalue weighted by atomic mass is 19.1. The zero-order chi connectivity index (χ0) is 26.0. The van der Waals surface area contributed by atoms with Crippen LogP contribution in [-0.4, -0.2) is 64.4 Å². The van der Waals surface area contributed by atoms with Gasteiger partial charge in [0.1, 0.15) is 18.1 Å². The Morgan fingerprint density at radius 1 is 1.11 bits per heavy atom. The van der Waals surface area contributed by atoms with Gasteiger partial charge in [0.25, 0.3) is 0 Å². The lowest BCUT2D eigenvalue weighted by Gasteiger charge is -2.30. The van der Waals surface area contributed by atoms with Gasteiger partial charge in [-0.2, -0.15) is 0 Å². The molecule has 37 heavy (non-hydrogen) atoms. The van der Waals surface area contributed by atoms with E-state index in [9.17, 15) is 13.6 Å². The molecule has 1 saturated carbocycles. The molecule has 3 aromatic rings. The summed E-state index contributed by atoms with van der Waals surface area (Å²) in [6.07, 6.45) is 10.4. The zero-order valence-corrected chi connectivity index (χ0v) is 21.1.